The van der Waals surface area contributed by atoms with Gasteiger partial charge in [0.2, 0.25) is 0 Å². The number of rotatable bonds is 2. The molecule has 0 saturated heterocycles. The molecule has 0 aliphatic rings. The molecule has 0 aromatic heterocycles. The van der Waals surface area contributed by atoms with Gasteiger partial charge in [0, 0.05) is 6.92 Å². The van der Waals surface area contributed by atoms with E-state index in [1.807, 2.05) is 0 Å². The molecule has 0 N–H and O–H groups in total. The molecule has 5 heteroatoms. The first-order valence-electron chi connectivity index (χ1n) is 2.13. The van der Waals surface area contributed by atoms with Crippen molar-refractivity contribution in [1.82, 2.24) is 0 Å². The van der Waals surface area contributed by atoms with Crippen LogP contribution in [0.5, 0.6) is 0 Å². The van der Waals surface area contributed by atoms with Crippen molar-refractivity contribution >= 4 is 17.3 Å². The highest BCUT2D eigenvalue weighted by molar-refractivity contribution is 7.80. The summed E-state index contributed by atoms with van der Waals surface area (Å²) in [7, 11) is 0. The monoisotopic (exact) mass is 158 g/mol. The third-order valence-electron chi connectivity index (χ3n) is 0.477. The van der Waals surface area contributed by atoms with Crippen LogP contribution in [0.25, 0.3) is 0 Å². The lowest BCUT2D eigenvalue weighted by molar-refractivity contribution is -0.0732. The van der Waals surface area contributed by atoms with E-state index in [1.165, 1.54) is 6.92 Å². The molecule has 0 heterocycles. The fraction of sp³-hybridized carbons (Fsp3) is 0.750. The first kappa shape index (κ1) is 8.68. The molecule has 0 aromatic carbocycles. The van der Waals surface area contributed by atoms with Crippen molar-refractivity contribution in [3.63, 3.8) is 0 Å². The summed E-state index contributed by atoms with van der Waals surface area (Å²) in [5.74, 6) is 0. The van der Waals surface area contributed by atoms with Gasteiger partial charge in [0.1, 0.15) is 0 Å². The minimum absolute atomic E-state index is 0.220. The van der Waals surface area contributed by atoms with Crippen LogP contribution in [0.2, 0.25) is 0 Å². The Hall–Kier alpha value is -0.320. The third-order valence-corrected chi connectivity index (χ3v) is 0.573. The first-order chi connectivity index (χ1) is 4.04. The predicted octanol–water partition coefficient (Wildman–Crippen LogP) is 1.91. The predicted molar refractivity (Wildman–Crippen MR) is 30.3 cm³/mol. The molecule has 0 aromatic rings. The summed E-state index contributed by atoms with van der Waals surface area (Å²) in [6, 6.07) is 0. The molecule has 1 atom stereocenters. The standard InChI is InChI=1S/C4H5F3OS/c1-2(9)8-4(7)3(5)6/h3-4H,1H3. The van der Waals surface area contributed by atoms with Gasteiger partial charge in [-0.3, -0.25) is 0 Å². The molecule has 0 bridgehead atoms. The summed E-state index contributed by atoms with van der Waals surface area (Å²) >= 11 is 4.20. The summed E-state index contributed by atoms with van der Waals surface area (Å²) in [6.45, 7) is 1.23. The van der Waals surface area contributed by atoms with Crippen LogP contribution in [-0.4, -0.2) is 17.8 Å². The highest BCUT2D eigenvalue weighted by atomic mass is 32.1. The van der Waals surface area contributed by atoms with E-state index in [-0.39, 0.29) is 5.05 Å². The fourth-order valence-electron chi connectivity index (χ4n) is 0.210. The molecular formula is C4H5F3OS. The van der Waals surface area contributed by atoms with E-state index >= 15 is 0 Å². The van der Waals surface area contributed by atoms with E-state index in [1.54, 1.807) is 0 Å². The number of halogens is 3. The van der Waals surface area contributed by atoms with Crippen molar-refractivity contribution in [1.29, 1.82) is 0 Å². The second-order valence-electron chi connectivity index (χ2n) is 1.30. The molecule has 0 rings (SSSR count). The Morgan fingerprint density at radius 3 is 2.00 bits per heavy atom. The van der Waals surface area contributed by atoms with E-state index in [4.69, 9.17) is 0 Å². The highest BCUT2D eigenvalue weighted by Gasteiger charge is 2.20. The molecule has 9 heavy (non-hydrogen) atoms. The van der Waals surface area contributed by atoms with E-state index in [9.17, 15) is 13.2 Å². The van der Waals surface area contributed by atoms with Crippen LogP contribution in [0.15, 0.2) is 0 Å². The molecule has 0 aliphatic heterocycles. The van der Waals surface area contributed by atoms with E-state index in [0.29, 0.717) is 0 Å². The van der Waals surface area contributed by atoms with Gasteiger partial charge in [-0.1, -0.05) is 0 Å². The smallest absolute Gasteiger partial charge is 0.304 e. The van der Waals surface area contributed by atoms with Crippen LogP contribution in [0, 0.1) is 0 Å². The lowest BCUT2D eigenvalue weighted by atomic mass is 10.7. The quantitative estimate of drug-likeness (QED) is 0.568. The van der Waals surface area contributed by atoms with Gasteiger partial charge in [-0.15, -0.1) is 0 Å². The van der Waals surface area contributed by atoms with Gasteiger partial charge in [-0.2, -0.15) is 4.39 Å². The molecular weight excluding hydrogens is 153 g/mol. The summed E-state index contributed by atoms with van der Waals surface area (Å²) in [6.07, 6.45) is -5.70. The lowest BCUT2D eigenvalue weighted by Crippen LogP contribution is -2.17. The lowest BCUT2D eigenvalue weighted by Gasteiger charge is -2.06. The van der Waals surface area contributed by atoms with E-state index in [0.717, 1.165) is 0 Å². The topological polar surface area (TPSA) is 9.23 Å². The number of ether oxygens (including phenoxy) is 1. The molecule has 1 nitrogen and oxygen atoms in total. The second-order valence-corrected chi connectivity index (χ2v) is 1.87. The summed E-state index contributed by atoms with van der Waals surface area (Å²) in [4.78, 5) is 0. The molecule has 0 fully saturated rings. The average Bonchev–Trinajstić information content (AvgIpc) is 1.63. The van der Waals surface area contributed by atoms with Gasteiger partial charge in [0.25, 0.3) is 6.36 Å². The summed E-state index contributed by atoms with van der Waals surface area (Å²) in [5.41, 5.74) is 0. The molecule has 0 amide bonds. The maximum absolute atomic E-state index is 11.7. The fourth-order valence-corrected chi connectivity index (χ4v) is 0.302. The van der Waals surface area contributed by atoms with Crippen molar-refractivity contribution in [2.45, 2.75) is 19.7 Å². The average molecular weight is 158 g/mol. The van der Waals surface area contributed by atoms with E-state index < -0.39 is 12.8 Å². The Bertz CT molecular complexity index is 106. The number of thiocarbonyl (C=S) groups is 1. The van der Waals surface area contributed by atoms with E-state index in [2.05, 4.69) is 17.0 Å². The number of hydrogen-bond donors (Lipinski definition) is 0. The maximum Gasteiger partial charge on any atom is 0.304 e. The van der Waals surface area contributed by atoms with Crippen LogP contribution < -0.4 is 0 Å². The van der Waals surface area contributed by atoms with Crippen LogP contribution in [-0.2, 0) is 4.74 Å². The van der Waals surface area contributed by atoms with Gasteiger partial charge in [-0.05, 0) is 12.2 Å². The maximum atomic E-state index is 11.7. The molecule has 0 saturated carbocycles. The van der Waals surface area contributed by atoms with Crippen molar-refractivity contribution in [2.24, 2.45) is 0 Å². The van der Waals surface area contributed by atoms with Crippen LogP contribution in [0.1, 0.15) is 6.92 Å². The zero-order chi connectivity index (χ0) is 7.44. The van der Waals surface area contributed by atoms with Gasteiger partial charge in [-0.25, -0.2) is 8.78 Å². The molecule has 54 valence electrons. The van der Waals surface area contributed by atoms with Gasteiger partial charge in [0.05, 0.1) is 0 Å². The zero-order valence-corrected chi connectivity index (χ0v) is 5.42. The minimum atomic E-state index is -3.12. The normalized spacial score (nSPS) is 13.4. The molecule has 1 unspecified atom stereocenters. The largest absolute Gasteiger partial charge is 0.448 e. The Kier molecular flexibility index (Phi) is 3.53. The van der Waals surface area contributed by atoms with Crippen molar-refractivity contribution in [2.75, 3.05) is 0 Å². The second kappa shape index (κ2) is 3.66. The summed E-state index contributed by atoms with van der Waals surface area (Å²) in [5, 5.41) is -0.220. The van der Waals surface area contributed by atoms with Crippen LogP contribution >= 0.6 is 12.2 Å². The Morgan fingerprint density at radius 2 is 1.89 bits per heavy atom. The van der Waals surface area contributed by atoms with Crippen molar-refractivity contribution < 1.29 is 17.9 Å². The Balaban J connectivity index is 3.50. The zero-order valence-electron chi connectivity index (χ0n) is 4.61. The van der Waals surface area contributed by atoms with Gasteiger partial charge < -0.3 is 4.74 Å². The Morgan fingerprint density at radius 1 is 1.44 bits per heavy atom. The molecule has 0 aliphatic carbocycles. The molecule has 0 radical (unpaired) electrons. The molecule has 0 spiro atoms. The number of hydrogen-bond acceptors (Lipinski definition) is 2. The van der Waals surface area contributed by atoms with Crippen LogP contribution in [0.3, 0.4) is 0 Å². The van der Waals surface area contributed by atoms with Crippen molar-refractivity contribution in [3.05, 3.63) is 0 Å². The van der Waals surface area contributed by atoms with Crippen LogP contribution in [0.4, 0.5) is 13.2 Å². The highest BCUT2D eigenvalue weighted by Crippen LogP contribution is 2.06. The van der Waals surface area contributed by atoms with Crippen molar-refractivity contribution in [3.8, 4) is 0 Å². The SMILES string of the molecule is CC(=S)OC(F)C(F)F. The van der Waals surface area contributed by atoms with Gasteiger partial charge in [0.15, 0.2) is 5.05 Å². The first-order valence-corrected chi connectivity index (χ1v) is 2.54. The van der Waals surface area contributed by atoms with Gasteiger partial charge >= 0.3 is 6.43 Å². The summed E-state index contributed by atoms with van der Waals surface area (Å²) < 4.78 is 38.0. The number of alkyl halides is 3. The Labute approximate surface area is 55.8 Å². The third kappa shape index (κ3) is 4.20. The minimum Gasteiger partial charge on any atom is -0.448 e.